The van der Waals surface area contributed by atoms with E-state index < -0.39 is 11.2 Å². The molecule has 1 heterocycles. The molecule has 0 atom stereocenters. The lowest BCUT2D eigenvalue weighted by atomic mass is 10.3. The van der Waals surface area contributed by atoms with Crippen molar-refractivity contribution in [1.82, 2.24) is 14.3 Å². The fourth-order valence-corrected chi connectivity index (χ4v) is 1.56. The molecule has 100 valence electrons. The van der Waals surface area contributed by atoms with Crippen LogP contribution in [-0.4, -0.2) is 21.0 Å². The molecule has 6 heteroatoms. The average molecular weight is 261 g/mol. The summed E-state index contributed by atoms with van der Waals surface area (Å²) in [5, 5.41) is 3.83. The van der Waals surface area contributed by atoms with Gasteiger partial charge in [-0.1, -0.05) is 6.92 Å². The molecular weight excluding hydrogens is 246 g/mol. The lowest BCUT2D eigenvalue weighted by molar-refractivity contribution is 0.317. The summed E-state index contributed by atoms with van der Waals surface area (Å²) in [4.78, 5) is 23.1. The lowest BCUT2D eigenvalue weighted by Gasteiger charge is -2.07. The Morgan fingerprint density at radius 3 is 2.53 bits per heavy atom. The predicted molar refractivity (Wildman–Crippen MR) is 70.9 cm³/mol. The number of aromatic nitrogens is 3. The van der Waals surface area contributed by atoms with Crippen LogP contribution in [0.1, 0.15) is 13.3 Å². The summed E-state index contributed by atoms with van der Waals surface area (Å²) in [6.07, 6.45) is 2.05. The van der Waals surface area contributed by atoms with Crippen LogP contribution in [0.4, 0.5) is 0 Å². The largest absolute Gasteiger partial charge is 0.494 e. The molecule has 0 spiro atoms. The van der Waals surface area contributed by atoms with Crippen LogP contribution >= 0.6 is 0 Å². The van der Waals surface area contributed by atoms with Crippen LogP contribution in [0.15, 0.2) is 40.1 Å². The van der Waals surface area contributed by atoms with E-state index in [0.717, 1.165) is 22.9 Å². The predicted octanol–water partition coefficient (Wildman–Crippen LogP) is 0.720. The van der Waals surface area contributed by atoms with Gasteiger partial charge in [-0.25, -0.2) is 4.79 Å². The summed E-state index contributed by atoms with van der Waals surface area (Å²) < 4.78 is 7.64. The van der Waals surface area contributed by atoms with Crippen molar-refractivity contribution >= 4 is 0 Å². The highest BCUT2D eigenvalue weighted by Crippen LogP contribution is 2.13. The smallest absolute Gasteiger partial charge is 0.351 e. The van der Waals surface area contributed by atoms with E-state index in [1.807, 2.05) is 6.92 Å². The van der Waals surface area contributed by atoms with E-state index in [0.29, 0.717) is 12.3 Å². The number of hydrogen-bond acceptors (Lipinski definition) is 4. The minimum atomic E-state index is -0.477. The minimum Gasteiger partial charge on any atom is -0.494 e. The second-order valence-corrected chi connectivity index (χ2v) is 4.08. The first-order chi connectivity index (χ1) is 9.13. The van der Waals surface area contributed by atoms with Crippen molar-refractivity contribution in [1.29, 1.82) is 0 Å². The summed E-state index contributed by atoms with van der Waals surface area (Å²) in [6, 6.07) is 6.99. The summed E-state index contributed by atoms with van der Waals surface area (Å²) >= 11 is 0. The number of benzene rings is 1. The van der Waals surface area contributed by atoms with Crippen LogP contribution < -0.4 is 16.0 Å². The summed E-state index contributed by atoms with van der Waals surface area (Å²) in [6.45, 7) is 2.68. The van der Waals surface area contributed by atoms with Crippen molar-refractivity contribution in [3.63, 3.8) is 0 Å². The SMILES string of the molecule is CCCOc1ccc(-n2ncc(=O)n(C)c2=O)cc1. The highest BCUT2D eigenvalue weighted by Gasteiger charge is 2.05. The third kappa shape index (κ3) is 2.73. The van der Waals surface area contributed by atoms with E-state index in [2.05, 4.69) is 5.10 Å². The Balaban J connectivity index is 2.35. The fraction of sp³-hybridized carbons (Fsp3) is 0.308. The number of ether oxygens (including phenoxy) is 1. The molecule has 0 N–H and O–H groups in total. The monoisotopic (exact) mass is 261 g/mol. The van der Waals surface area contributed by atoms with Gasteiger partial charge in [-0.05, 0) is 30.7 Å². The molecule has 0 saturated heterocycles. The van der Waals surface area contributed by atoms with Gasteiger partial charge >= 0.3 is 5.69 Å². The van der Waals surface area contributed by atoms with E-state index in [-0.39, 0.29) is 0 Å². The van der Waals surface area contributed by atoms with Gasteiger partial charge in [-0.3, -0.25) is 9.36 Å². The first-order valence-electron chi connectivity index (χ1n) is 6.02. The Bertz CT molecular complexity index is 671. The molecule has 2 rings (SSSR count). The molecule has 0 unspecified atom stereocenters. The molecule has 6 nitrogen and oxygen atoms in total. The topological polar surface area (TPSA) is 66.1 Å². The van der Waals surface area contributed by atoms with Crippen molar-refractivity contribution in [3.8, 4) is 11.4 Å². The Kier molecular flexibility index (Phi) is 3.79. The summed E-state index contributed by atoms with van der Waals surface area (Å²) in [7, 11) is 1.42. The van der Waals surface area contributed by atoms with E-state index in [4.69, 9.17) is 4.74 Å². The van der Waals surface area contributed by atoms with E-state index in [1.54, 1.807) is 24.3 Å². The number of rotatable bonds is 4. The van der Waals surface area contributed by atoms with Crippen LogP contribution in [0.3, 0.4) is 0 Å². The average Bonchev–Trinajstić information content (AvgIpc) is 2.44. The zero-order valence-electron chi connectivity index (χ0n) is 10.9. The number of hydrogen-bond donors (Lipinski definition) is 0. The molecule has 2 aromatic rings. The minimum absolute atomic E-state index is 0.427. The molecule has 0 saturated carbocycles. The zero-order chi connectivity index (χ0) is 13.8. The second kappa shape index (κ2) is 5.51. The van der Waals surface area contributed by atoms with Crippen LogP contribution in [0.2, 0.25) is 0 Å². The molecule has 1 aromatic carbocycles. The van der Waals surface area contributed by atoms with Crippen molar-refractivity contribution in [2.24, 2.45) is 7.05 Å². The van der Waals surface area contributed by atoms with Crippen LogP contribution in [0, 0.1) is 0 Å². The third-order valence-electron chi connectivity index (χ3n) is 2.64. The molecule has 0 aliphatic rings. The summed E-state index contributed by atoms with van der Waals surface area (Å²) in [5.74, 6) is 0.739. The molecule has 0 bridgehead atoms. The number of nitrogens with zero attached hydrogens (tertiary/aromatic N) is 3. The molecule has 0 radical (unpaired) electrons. The van der Waals surface area contributed by atoms with Gasteiger partial charge in [0.05, 0.1) is 12.3 Å². The highest BCUT2D eigenvalue weighted by atomic mass is 16.5. The van der Waals surface area contributed by atoms with Crippen LogP contribution in [0.25, 0.3) is 5.69 Å². The summed E-state index contributed by atoms with van der Waals surface area (Å²) in [5.41, 5.74) is -0.316. The van der Waals surface area contributed by atoms with Gasteiger partial charge in [0, 0.05) is 7.05 Å². The van der Waals surface area contributed by atoms with Crippen molar-refractivity contribution in [2.45, 2.75) is 13.3 Å². The Labute approximate surface area is 109 Å². The second-order valence-electron chi connectivity index (χ2n) is 4.08. The lowest BCUT2D eigenvalue weighted by Crippen LogP contribution is -2.38. The van der Waals surface area contributed by atoms with Gasteiger partial charge in [0.2, 0.25) is 0 Å². The Morgan fingerprint density at radius 1 is 1.21 bits per heavy atom. The van der Waals surface area contributed by atoms with E-state index in [1.165, 1.54) is 11.7 Å². The maximum absolute atomic E-state index is 11.9. The first kappa shape index (κ1) is 13.1. The van der Waals surface area contributed by atoms with Gasteiger partial charge in [-0.15, -0.1) is 0 Å². The van der Waals surface area contributed by atoms with Gasteiger partial charge in [0.1, 0.15) is 11.9 Å². The molecular formula is C13H15N3O3. The molecule has 0 amide bonds. The molecule has 0 aliphatic carbocycles. The molecule has 19 heavy (non-hydrogen) atoms. The Morgan fingerprint density at radius 2 is 1.89 bits per heavy atom. The standard InChI is InChI=1S/C13H15N3O3/c1-3-8-19-11-6-4-10(5-7-11)16-13(18)15(2)12(17)9-14-16/h4-7,9H,3,8H2,1-2H3. The van der Waals surface area contributed by atoms with Crippen molar-refractivity contribution in [2.75, 3.05) is 6.61 Å². The van der Waals surface area contributed by atoms with Crippen LogP contribution in [-0.2, 0) is 7.05 Å². The first-order valence-corrected chi connectivity index (χ1v) is 6.02. The highest BCUT2D eigenvalue weighted by molar-refractivity contribution is 5.36. The third-order valence-corrected chi connectivity index (χ3v) is 2.64. The van der Waals surface area contributed by atoms with Gasteiger partial charge < -0.3 is 4.74 Å². The zero-order valence-corrected chi connectivity index (χ0v) is 10.9. The quantitative estimate of drug-likeness (QED) is 0.813. The van der Waals surface area contributed by atoms with Gasteiger partial charge in [0.15, 0.2) is 0 Å². The van der Waals surface area contributed by atoms with E-state index in [9.17, 15) is 9.59 Å². The maximum atomic E-state index is 11.9. The molecule has 1 aromatic heterocycles. The molecule has 0 fully saturated rings. The van der Waals surface area contributed by atoms with Gasteiger partial charge in [0.25, 0.3) is 5.56 Å². The van der Waals surface area contributed by atoms with Crippen molar-refractivity contribution < 1.29 is 4.74 Å². The fourth-order valence-electron chi connectivity index (χ4n) is 1.56. The van der Waals surface area contributed by atoms with Crippen LogP contribution in [0.5, 0.6) is 5.75 Å². The normalized spacial score (nSPS) is 10.4. The molecule has 0 aliphatic heterocycles. The van der Waals surface area contributed by atoms with E-state index >= 15 is 0 Å². The maximum Gasteiger partial charge on any atom is 0.351 e. The Hall–Kier alpha value is -2.37. The van der Waals surface area contributed by atoms with Gasteiger partial charge in [-0.2, -0.15) is 9.78 Å². The van der Waals surface area contributed by atoms with Crippen molar-refractivity contribution in [3.05, 3.63) is 51.3 Å².